The van der Waals surface area contributed by atoms with Crippen LogP contribution in [-0.4, -0.2) is 11.0 Å². The van der Waals surface area contributed by atoms with E-state index in [1.807, 2.05) is 60.7 Å². The van der Waals surface area contributed by atoms with Gasteiger partial charge in [-0.1, -0.05) is 42.5 Å². The number of hydrogen-bond donors (Lipinski definition) is 2. The Kier molecular flexibility index (Phi) is 4.88. The minimum atomic E-state index is -0.221. The molecule has 114 valence electrons. The second-order valence-corrected chi connectivity index (χ2v) is 6.60. The summed E-state index contributed by atoms with van der Waals surface area (Å²) in [6.45, 7) is 0. The quantitative estimate of drug-likeness (QED) is 0.461. The summed E-state index contributed by atoms with van der Waals surface area (Å²) >= 11 is 7.44. The fourth-order valence-corrected chi connectivity index (χ4v) is 3.04. The van der Waals surface area contributed by atoms with E-state index in [1.54, 1.807) is 6.07 Å². The van der Waals surface area contributed by atoms with Crippen LogP contribution in [0.3, 0.4) is 0 Å². The molecule has 0 unspecified atom stereocenters. The van der Waals surface area contributed by atoms with Crippen molar-refractivity contribution in [2.24, 2.45) is 0 Å². The molecule has 3 aromatic carbocycles. The molecule has 0 aliphatic carbocycles. The summed E-state index contributed by atoms with van der Waals surface area (Å²) in [6, 6.07) is 21.3. The van der Waals surface area contributed by atoms with E-state index in [9.17, 15) is 4.79 Å². The van der Waals surface area contributed by atoms with Gasteiger partial charge in [-0.3, -0.25) is 10.1 Å². The van der Waals surface area contributed by atoms with Gasteiger partial charge in [0.05, 0.1) is 0 Å². The van der Waals surface area contributed by atoms with Crippen LogP contribution in [0.5, 0.6) is 0 Å². The second-order valence-electron chi connectivity index (χ2n) is 4.95. The third kappa shape index (κ3) is 3.86. The smallest absolute Gasteiger partial charge is 0.257 e. The molecule has 1 amide bonds. The molecule has 0 aliphatic heterocycles. The molecule has 23 heavy (non-hydrogen) atoms. The zero-order valence-electron chi connectivity index (χ0n) is 12.0. The predicted octanol–water partition coefficient (Wildman–Crippen LogP) is 4.57. The molecule has 3 rings (SSSR count). The summed E-state index contributed by atoms with van der Waals surface area (Å²) in [7, 11) is 0. The molecule has 0 aromatic heterocycles. The van der Waals surface area contributed by atoms with Crippen molar-refractivity contribution in [3.8, 4) is 0 Å². The average Bonchev–Trinajstić information content (AvgIpc) is 2.55. The molecule has 3 nitrogen and oxygen atoms in total. The van der Waals surface area contributed by atoms with Gasteiger partial charge in [-0.25, -0.2) is 0 Å². The Morgan fingerprint density at radius 2 is 1.70 bits per heavy atom. The summed E-state index contributed by atoms with van der Waals surface area (Å²) in [5.41, 5.74) is 1.45. The number of halogens is 1. The molecule has 2 N–H and O–H groups in total. The van der Waals surface area contributed by atoms with Crippen LogP contribution in [0.4, 0.5) is 5.69 Å². The maximum atomic E-state index is 12.2. The van der Waals surface area contributed by atoms with Gasteiger partial charge in [-0.05, 0) is 64.5 Å². The van der Waals surface area contributed by atoms with Crippen LogP contribution < -0.4 is 10.6 Å². The lowest BCUT2D eigenvalue weighted by atomic mass is 10.1. The van der Waals surface area contributed by atoms with Gasteiger partial charge in [-0.15, -0.1) is 0 Å². The molecule has 0 saturated carbocycles. The van der Waals surface area contributed by atoms with Crippen molar-refractivity contribution in [3.63, 3.8) is 0 Å². The third-order valence-electron chi connectivity index (χ3n) is 3.35. The minimum Gasteiger partial charge on any atom is -0.332 e. The van der Waals surface area contributed by atoms with Crippen LogP contribution in [0.2, 0.25) is 0 Å². The number of fused-ring (bicyclic) bond motifs is 1. The zero-order valence-corrected chi connectivity index (χ0v) is 15.0. The van der Waals surface area contributed by atoms with Gasteiger partial charge in [0.25, 0.3) is 5.91 Å². The zero-order chi connectivity index (χ0) is 16.2. The molecule has 0 fully saturated rings. The molecule has 5 heteroatoms. The van der Waals surface area contributed by atoms with Crippen molar-refractivity contribution >= 4 is 62.3 Å². The van der Waals surface area contributed by atoms with Crippen molar-refractivity contribution in [3.05, 3.63) is 75.9 Å². The lowest BCUT2D eigenvalue weighted by molar-refractivity contribution is 0.0977. The Labute approximate surface area is 153 Å². The monoisotopic (exact) mass is 432 g/mol. The van der Waals surface area contributed by atoms with Gasteiger partial charge < -0.3 is 5.32 Å². The highest BCUT2D eigenvalue weighted by molar-refractivity contribution is 14.1. The summed E-state index contributed by atoms with van der Waals surface area (Å²) in [4.78, 5) is 12.2. The first-order chi connectivity index (χ1) is 11.1. The van der Waals surface area contributed by atoms with Crippen molar-refractivity contribution in [2.45, 2.75) is 0 Å². The highest BCUT2D eigenvalue weighted by Crippen LogP contribution is 2.22. The number of amides is 1. The van der Waals surface area contributed by atoms with Gasteiger partial charge in [0.15, 0.2) is 5.11 Å². The fourth-order valence-electron chi connectivity index (χ4n) is 2.29. The van der Waals surface area contributed by atoms with E-state index in [1.165, 1.54) is 0 Å². The second kappa shape index (κ2) is 7.06. The molecule has 0 aliphatic rings. The number of benzene rings is 3. The largest absolute Gasteiger partial charge is 0.332 e. The molecule has 0 atom stereocenters. The molecule has 0 radical (unpaired) electrons. The molecule has 0 bridgehead atoms. The third-order valence-corrected chi connectivity index (χ3v) is 4.23. The van der Waals surface area contributed by atoms with Gasteiger partial charge in [0.1, 0.15) is 0 Å². The van der Waals surface area contributed by atoms with Crippen LogP contribution >= 0.6 is 34.8 Å². The van der Waals surface area contributed by atoms with Crippen molar-refractivity contribution in [2.75, 3.05) is 5.32 Å². The summed E-state index contributed by atoms with van der Waals surface area (Å²) in [6.07, 6.45) is 0. The Bertz CT molecular complexity index is 890. The Morgan fingerprint density at radius 3 is 2.52 bits per heavy atom. The van der Waals surface area contributed by atoms with Gasteiger partial charge >= 0.3 is 0 Å². The number of thiocarbonyl (C=S) groups is 1. The van der Waals surface area contributed by atoms with Crippen LogP contribution in [0.25, 0.3) is 10.8 Å². The summed E-state index contributed by atoms with van der Waals surface area (Å²) < 4.78 is 1.00. The topological polar surface area (TPSA) is 41.1 Å². The maximum Gasteiger partial charge on any atom is 0.257 e. The molecule has 3 aromatic rings. The van der Waals surface area contributed by atoms with E-state index in [2.05, 4.69) is 33.2 Å². The predicted molar refractivity (Wildman–Crippen MR) is 107 cm³/mol. The van der Waals surface area contributed by atoms with Crippen molar-refractivity contribution in [1.29, 1.82) is 0 Å². The van der Waals surface area contributed by atoms with E-state index >= 15 is 0 Å². The number of carbonyl (C=O) groups is 1. The van der Waals surface area contributed by atoms with Crippen LogP contribution in [0.15, 0.2) is 66.7 Å². The van der Waals surface area contributed by atoms with Gasteiger partial charge in [-0.2, -0.15) is 0 Å². The van der Waals surface area contributed by atoms with Gasteiger partial charge in [0, 0.05) is 20.2 Å². The van der Waals surface area contributed by atoms with Crippen molar-refractivity contribution < 1.29 is 4.79 Å². The molecular weight excluding hydrogens is 419 g/mol. The van der Waals surface area contributed by atoms with E-state index in [0.29, 0.717) is 5.56 Å². The number of nitrogens with one attached hydrogen (secondary N) is 2. The summed E-state index contributed by atoms with van der Waals surface area (Å²) in [5.74, 6) is -0.221. The summed E-state index contributed by atoms with van der Waals surface area (Å²) in [5, 5.41) is 8.27. The Hall–Kier alpha value is -1.99. The molecule has 0 heterocycles. The van der Waals surface area contributed by atoms with E-state index in [0.717, 1.165) is 20.0 Å². The molecular formula is C18H13IN2OS. The van der Waals surface area contributed by atoms with Crippen molar-refractivity contribution in [1.82, 2.24) is 5.32 Å². The minimum absolute atomic E-state index is 0.221. The van der Waals surface area contributed by atoms with Crippen LogP contribution in [-0.2, 0) is 0 Å². The van der Waals surface area contributed by atoms with Gasteiger partial charge in [0.2, 0.25) is 0 Å². The first-order valence-corrected chi connectivity index (χ1v) is 8.48. The fraction of sp³-hybridized carbons (Fsp3) is 0. The van der Waals surface area contributed by atoms with E-state index in [4.69, 9.17) is 12.2 Å². The lowest BCUT2D eigenvalue weighted by Crippen LogP contribution is -2.34. The normalized spacial score (nSPS) is 10.3. The standard InChI is InChI=1S/C18H13IN2OS/c19-14-8-3-7-13(11-14)17(22)21-18(23)20-16-10-4-6-12-5-1-2-9-15(12)16/h1-11H,(H2,20,21,22,23). The highest BCUT2D eigenvalue weighted by atomic mass is 127. The van der Waals surface area contributed by atoms with E-state index < -0.39 is 0 Å². The first-order valence-electron chi connectivity index (χ1n) is 6.99. The Morgan fingerprint density at radius 1 is 0.957 bits per heavy atom. The molecule has 0 saturated heterocycles. The van der Waals surface area contributed by atoms with E-state index in [-0.39, 0.29) is 11.0 Å². The van der Waals surface area contributed by atoms with Crippen LogP contribution in [0, 0.1) is 3.57 Å². The average molecular weight is 432 g/mol. The SMILES string of the molecule is O=C(NC(=S)Nc1cccc2ccccc12)c1cccc(I)c1. The number of hydrogen-bond acceptors (Lipinski definition) is 2. The lowest BCUT2D eigenvalue weighted by Gasteiger charge is -2.12. The number of rotatable bonds is 2. The molecule has 0 spiro atoms. The number of anilines is 1. The highest BCUT2D eigenvalue weighted by Gasteiger charge is 2.09. The number of carbonyl (C=O) groups excluding carboxylic acids is 1. The maximum absolute atomic E-state index is 12.2. The Balaban J connectivity index is 1.75. The van der Waals surface area contributed by atoms with Crippen LogP contribution in [0.1, 0.15) is 10.4 Å². The first kappa shape index (κ1) is 15.9.